The highest BCUT2D eigenvalue weighted by atomic mass is 16.5. The SMILES string of the molecule is CC(O)CN(C)CC1(CN)CCOC1. The lowest BCUT2D eigenvalue weighted by molar-refractivity contribution is 0.0929. The zero-order chi connectivity index (χ0) is 10.6. The summed E-state index contributed by atoms with van der Waals surface area (Å²) in [6, 6.07) is 0. The molecule has 2 unspecified atom stereocenters. The Kier molecular flexibility index (Phi) is 4.31. The van der Waals surface area contributed by atoms with Crippen molar-refractivity contribution >= 4 is 0 Å². The normalized spacial score (nSPS) is 29.8. The number of aliphatic hydroxyl groups is 1. The van der Waals surface area contributed by atoms with Gasteiger partial charge in [0.2, 0.25) is 0 Å². The summed E-state index contributed by atoms with van der Waals surface area (Å²) in [4.78, 5) is 2.13. The minimum absolute atomic E-state index is 0.115. The van der Waals surface area contributed by atoms with Gasteiger partial charge in [-0.3, -0.25) is 0 Å². The quantitative estimate of drug-likeness (QED) is 0.640. The van der Waals surface area contributed by atoms with E-state index in [0.29, 0.717) is 13.1 Å². The first-order valence-electron chi connectivity index (χ1n) is 5.22. The van der Waals surface area contributed by atoms with Gasteiger partial charge in [0, 0.05) is 31.7 Å². The molecular formula is C10H22N2O2. The Bertz CT molecular complexity index is 168. The van der Waals surface area contributed by atoms with Gasteiger partial charge >= 0.3 is 0 Å². The van der Waals surface area contributed by atoms with E-state index >= 15 is 0 Å². The maximum Gasteiger partial charge on any atom is 0.0638 e. The molecule has 1 rings (SSSR count). The number of hydrogen-bond acceptors (Lipinski definition) is 4. The van der Waals surface area contributed by atoms with Gasteiger partial charge in [-0.15, -0.1) is 0 Å². The summed E-state index contributed by atoms with van der Waals surface area (Å²) in [6.07, 6.45) is 0.755. The average Bonchev–Trinajstić information content (AvgIpc) is 2.52. The van der Waals surface area contributed by atoms with Crippen molar-refractivity contribution in [1.29, 1.82) is 0 Å². The molecule has 4 heteroatoms. The Labute approximate surface area is 86.0 Å². The van der Waals surface area contributed by atoms with Crippen LogP contribution in [0.5, 0.6) is 0 Å². The molecule has 1 aliphatic heterocycles. The van der Waals surface area contributed by atoms with Crippen LogP contribution in [-0.4, -0.2) is 56.0 Å². The van der Waals surface area contributed by atoms with Gasteiger partial charge in [-0.1, -0.05) is 0 Å². The van der Waals surface area contributed by atoms with E-state index in [-0.39, 0.29) is 11.5 Å². The summed E-state index contributed by atoms with van der Waals surface area (Å²) in [5.74, 6) is 0. The second-order valence-electron chi connectivity index (χ2n) is 4.55. The predicted octanol–water partition coefficient (Wildman–Crippen LogP) is -0.336. The van der Waals surface area contributed by atoms with Crippen LogP contribution in [0.2, 0.25) is 0 Å². The smallest absolute Gasteiger partial charge is 0.0638 e. The molecule has 4 nitrogen and oxygen atoms in total. The van der Waals surface area contributed by atoms with Crippen molar-refractivity contribution in [1.82, 2.24) is 4.90 Å². The number of ether oxygens (including phenoxy) is 1. The molecule has 3 N–H and O–H groups in total. The zero-order valence-corrected chi connectivity index (χ0v) is 9.20. The Morgan fingerprint density at radius 3 is 2.79 bits per heavy atom. The molecule has 2 atom stereocenters. The van der Waals surface area contributed by atoms with Gasteiger partial charge in [0.15, 0.2) is 0 Å². The fourth-order valence-corrected chi connectivity index (χ4v) is 2.09. The summed E-state index contributed by atoms with van der Waals surface area (Å²) < 4.78 is 5.39. The van der Waals surface area contributed by atoms with Crippen molar-refractivity contribution in [2.45, 2.75) is 19.4 Å². The lowest BCUT2D eigenvalue weighted by atomic mass is 9.87. The van der Waals surface area contributed by atoms with Crippen LogP contribution in [0, 0.1) is 5.41 Å². The van der Waals surface area contributed by atoms with E-state index in [2.05, 4.69) is 4.90 Å². The predicted molar refractivity (Wildman–Crippen MR) is 56.1 cm³/mol. The van der Waals surface area contributed by atoms with Crippen LogP contribution < -0.4 is 5.73 Å². The summed E-state index contributed by atoms with van der Waals surface area (Å²) in [5, 5.41) is 9.25. The molecule has 0 bridgehead atoms. The Balaban J connectivity index is 2.39. The van der Waals surface area contributed by atoms with Crippen molar-refractivity contribution in [3.05, 3.63) is 0 Å². The summed E-state index contributed by atoms with van der Waals surface area (Å²) in [5.41, 5.74) is 5.89. The lowest BCUT2D eigenvalue weighted by Gasteiger charge is -2.31. The Hall–Kier alpha value is -0.160. The number of hydrogen-bond donors (Lipinski definition) is 2. The molecule has 0 aromatic carbocycles. The third-order valence-electron chi connectivity index (χ3n) is 2.80. The summed E-state index contributed by atoms with van der Waals surface area (Å²) in [7, 11) is 2.02. The highest BCUT2D eigenvalue weighted by Gasteiger charge is 2.34. The fraction of sp³-hybridized carbons (Fsp3) is 1.00. The molecule has 0 radical (unpaired) electrons. The van der Waals surface area contributed by atoms with Crippen LogP contribution >= 0.6 is 0 Å². The maximum atomic E-state index is 9.25. The lowest BCUT2D eigenvalue weighted by Crippen LogP contribution is -2.43. The van der Waals surface area contributed by atoms with Crippen LogP contribution in [0.25, 0.3) is 0 Å². The Morgan fingerprint density at radius 2 is 2.36 bits per heavy atom. The zero-order valence-electron chi connectivity index (χ0n) is 9.20. The molecule has 1 aliphatic rings. The highest BCUT2D eigenvalue weighted by Crippen LogP contribution is 2.27. The number of nitrogens with zero attached hydrogens (tertiary/aromatic N) is 1. The summed E-state index contributed by atoms with van der Waals surface area (Å²) in [6.45, 7) is 5.65. The van der Waals surface area contributed by atoms with Gasteiger partial charge in [0.25, 0.3) is 0 Å². The number of nitrogens with two attached hydrogens (primary N) is 1. The molecule has 0 aromatic rings. The first-order valence-corrected chi connectivity index (χ1v) is 5.22. The molecule has 1 fully saturated rings. The van der Waals surface area contributed by atoms with E-state index in [1.807, 2.05) is 7.05 Å². The van der Waals surface area contributed by atoms with Crippen LogP contribution in [0.4, 0.5) is 0 Å². The standard InChI is InChI=1S/C10H22N2O2/c1-9(13)5-12(2)7-10(6-11)3-4-14-8-10/h9,13H,3-8,11H2,1-2H3. The van der Waals surface area contributed by atoms with Crippen LogP contribution in [0.15, 0.2) is 0 Å². The van der Waals surface area contributed by atoms with Gasteiger partial charge in [-0.2, -0.15) is 0 Å². The van der Waals surface area contributed by atoms with Crippen molar-refractivity contribution in [2.75, 3.05) is 39.9 Å². The number of rotatable bonds is 5. The number of likely N-dealkylation sites (N-methyl/N-ethyl adjacent to an activating group) is 1. The van der Waals surface area contributed by atoms with E-state index in [1.165, 1.54) is 0 Å². The first kappa shape index (κ1) is 11.9. The molecular weight excluding hydrogens is 180 g/mol. The van der Waals surface area contributed by atoms with Crippen LogP contribution in [-0.2, 0) is 4.74 Å². The van der Waals surface area contributed by atoms with Gasteiger partial charge in [0.05, 0.1) is 12.7 Å². The van der Waals surface area contributed by atoms with Gasteiger partial charge in [-0.05, 0) is 20.4 Å². The molecule has 0 aliphatic carbocycles. The van der Waals surface area contributed by atoms with E-state index in [0.717, 1.165) is 26.2 Å². The highest BCUT2D eigenvalue weighted by molar-refractivity contribution is 4.86. The molecule has 14 heavy (non-hydrogen) atoms. The largest absolute Gasteiger partial charge is 0.392 e. The van der Waals surface area contributed by atoms with Crippen molar-refractivity contribution in [3.8, 4) is 0 Å². The van der Waals surface area contributed by atoms with E-state index in [9.17, 15) is 5.11 Å². The van der Waals surface area contributed by atoms with Crippen LogP contribution in [0.3, 0.4) is 0 Å². The average molecular weight is 202 g/mol. The maximum absolute atomic E-state index is 9.25. The fourth-order valence-electron chi connectivity index (χ4n) is 2.09. The minimum atomic E-state index is -0.280. The van der Waals surface area contributed by atoms with Crippen molar-refractivity contribution < 1.29 is 9.84 Å². The second-order valence-corrected chi connectivity index (χ2v) is 4.55. The molecule has 0 saturated carbocycles. The minimum Gasteiger partial charge on any atom is -0.392 e. The van der Waals surface area contributed by atoms with E-state index < -0.39 is 0 Å². The van der Waals surface area contributed by atoms with Crippen molar-refractivity contribution in [3.63, 3.8) is 0 Å². The molecule has 1 saturated heterocycles. The van der Waals surface area contributed by atoms with Crippen molar-refractivity contribution in [2.24, 2.45) is 11.1 Å². The van der Waals surface area contributed by atoms with Crippen LogP contribution in [0.1, 0.15) is 13.3 Å². The van der Waals surface area contributed by atoms with Gasteiger partial charge < -0.3 is 20.5 Å². The second kappa shape index (κ2) is 5.07. The van der Waals surface area contributed by atoms with Gasteiger partial charge in [0.1, 0.15) is 0 Å². The molecule has 0 aromatic heterocycles. The third kappa shape index (κ3) is 3.20. The third-order valence-corrected chi connectivity index (χ3v) is 2.80. The van der Waals surface area contributed by atoms with E-state index in [4.69, 9.17) is 10.5 Å². The number of aliphatic hydroxyl groups excluding tert-OH is 1. The summed E-state index contributed by atoms with van der Waals surface area (Å²) >= 11 is 0. The van der Waals surface area contributed by atoms with Gasteiger partial charge in [-0.25, -0.2) is 0 Å². The molecule has 1 heterocycles. The topological polar surface area (TPSA) is 58.7 Å². The monoisotopic (exact) mass is 202 g/mol. The molecule has 0 amide bonds. The van der Waals surface area contributed by atoms with E-state index in [1.54, 1.807) is 6.92 Å². The Morgan fingerprint density at radius 1 is 1.64 bits per heavy atom. The molecule has 0 spiro atoms. The first-order chi connectivity index (χ1) is 6.58. The molecule has 84 valence electrons.